The number of aromatic amines is 1. The van der Waals surface area contributed by atoms with Crippen molar-refractivity contribution in [3.63, 3.8) is 0 Å². The molecule has 1 N–H and O–H groups in total. The summed E-state index contributed by atoms with van der Waals surface area (Å²) in [6.07, 6.45) is 7.06. The van der Waals surface area contributed by atoms with Crippen molar-refractivity contribution in [2.45, 2.75) is 46.1 Å². The van der Waals surface area contributed by atoms with E-state index in [9.17, 15) is 0 Å². The van der Waals surface area contributed by atoms with E-state index in [0.29, 0.717) is 6.04 Å². The quantitative estimate of drug-likeness (QED) is 0.943. The molecule has 1 aliphatic heterocycles. The lowest BCUT2D eigenvalue weighted by atomic mass is 9.91. The molecule has 0 atom stereocenters. The maximum absolute atomic E-state index is 4.45. The first kappa shape index (κ1) is 15.2. The van der Waals surface area contributed by atoms with E-state index in [1.165, 1.54) is 25.9 Å². The molecular formula is C17H25N5. The molecular weight excluding hydrogens is 274 g/mol. The highest BCUT2D eigenvalue weighted by Gasteiger charge is 2.21. The first-order valence-corrected chi connectivity index (χ1v) is 8.19. The Labute approximate surface area is 132 Å². The number of nitrogens with one attached hydrogen (secondary N) is 1. The maximum Gasteiger partial charge on any atom is 0.156 e. The van der Waals surface area contributed by atoms with Crippen LogP contribution >= 0.6 is 0 Å². The number of nitrogens with zero attached hydrogens (tertiary/aromatic N) is 4. The summed E-state index contributed by atoms with van der Waals surface area (Å²) in [6, 6.07) is 2.74. The summed E-state index contributed by atoms with van der Waals surface area (Å²) >= 11 is 0. The van der Waals surface area contributed by atoms with Gasteiger partial charge in [0.2, 0.25) is 0 Å². The molecule has 22 heavy (non-hydrogen) atoms. The van der Waals surface area contributed by atoms with Gasteiger partial charge in [-0.25, -0.2) is 15.0 Å². The molecule has 0 aromatic carbocycles. The topological polar surface area (TPSA) is 57.7 Å². The second-order valence-corrected chi connectivity index (χ2v) is 6.59. The number of H-pyrrole nitrogens is 1. The zero-order valence-corrected chi connectivity index (χ0v) is 13.7. The summed E-state index contributed by atoms with van der Waals surface area (Å²) in [5, 5.41) is 0. The third-order valence-corrected chi connectivity index (χ3v) is 4.55. The SMILES string of the molecule is Cc1cnc(-c2cc(CC3CCN(C(C)C)CC3)ncn2)[nH]1. The van der Waals surface area contributed by atoms with Crippen LogP contribution in [0.25, 0.3) is 11.5 Å². The summed E-state index contributed by atoms with van der Waals surface area (Å²) < 4.78 is 0. The average Bonchev–Trinajstić information content (AvgIpc) is 2.95. The number of hydrogen-bond donors (Lipinski definition) is 1. The molecule has 5 heteroatoms. The summed E-state index contributed by atoms with van der Waals surface area (Å²) in [6.45, 7) is 8.97. The van der Waals surface area contributed by atoms with Crippen molar-refractivity contribution in [2.24, 2.45) is 5.92 Å². The summed E-state index contributed by atoms with van der Waals surface area (Å²) in [7, 11) is 0. The molecule has 0 aliphatic carbocycles. The molecule has 0 saturated carbocycles. The van der Waals surface area contributed by atoms with E-state index in [1.807, 2.05) is 13.1 Å². The molecule has 1 saturated heterocycles. The fraction of sp³-hybridized carbons (Fsp3) is 0.588. The minimum absolute atomic E-state index is 0.661. The molecule has 0 bridgehead atoms. The number of aryl methyl sites for hydroxylation is 1. The van der Waals surface area contributed by atoms with Gasteiger partial charge >= 0.3 is 0 Å². The smallest absolute Gasteiger partial charge is 0.156 e. The fourth-order valence-electron chi connectivity index (χ4n) is 3.15. The van der Waals surface area contributed by atoms with Crippen LogP contribution in [-0.4, -0.2) is 44.0 Å². The average molecular weight is 299 g/mol. The van der Waals surface area contributed by atoms with Crippen molar-refractivity contribution < 1.29 is 0 Å². The van der Waals surface area contributed by atoms with Crippen LogP contribution in [0.1, 0.15) is 38.1 Å². The lowest BCUT2D eigenvalue weighted by Gasteiger charge is -2.34. The van der Waals surface area contributed by atoms with Gasteiger partial charge in [-0.1, -0.05) is 0 Å². The lowest BCUT2D eigenvalue weighted by molar-refractivity contribution is 0.149. The molecule has 0 radical (unpaired) electrons. The van der Waals surface area contributed by atoms with E-state index in [2.05, 4.69) is 44.7 Å². The van der Waals surface area contributed by atoms with E-state index in [-0.39, 0.29) is 0 Å². The molecule has 5 nitrogen and oxygen atoms in total. The number of aromatic nitrogens is 4. The van der Waals surface area contributed by atoms with Crippen LogP contribution in [0.4, 0.5) is 0 Å². The fourth-order valence-corrected chi connectivity index (χ4v) is 3.15. The van der Waals surface area contributed by atoms with Crippen molar-refractivity contribution in [3.8, 4) is 11.5 Å². The van der Waals surface area contributed by atoms with Crippen LogP contribution < -0.4 is 0 Å². The van der Waals surface area contributed by atoms with E-state index in [4.69, 9.17) is 0 Å². The van der Waals surface area contributed by atoms with E-state index in [0.717, 1.165) is 35.2 Å². The zero-order valence-electron chi connectivity index (χ0n) is 13.7. The largest absolute Gasteiger partial charge is 0.341 e. The predicted octanol–water partition coefficient (Wildman–Crippen LogP) is 2.84. The highest BCUT2D eigenvalue weighted by Crippen LogP contribution is 2.23. The van der Waals surface area contributed by atoms with Crippen molar-refractivity contribution in [2.75, 3.05) is 13.1 Å². The molecule has 0 unspecified atom stereocenters. The maximum atomic E-state index is 4.45. The van der Waals surface area contributed by atoms with Crippen LogP contribution in [0.15, 0.2) is 18.6 Å². The van der Waals surface area contributed by atoms with Crippen molar-refractivity contribution >= 4 is 0 Å². The molecule has 1 aliphatic rings. The molecule has 2 aromatic heterocycles. The van der Waals surface area contributed by atoms with Crippen molar-refractivity contribution in [1.82, 2.24) is 24.8 Å². The molecule has 3 rings (SSSR count). The number of rotatable bonds is 4. The second-order valence-electron chi connectivity index (χ2n) is 6.59. The summed E-state index contributed by atoms with van der Waals surface area (Å²) in [5.74, 6) is 1.56. The summed E-state index contributed by atoms with van der Waals surface area (Å²) in [4.78, 5) is 18.9. The highest BCUT2D eigenvalue weighted by molar-refractivity contribution is 5.49. The predicted molar refractivity (Wildman–Crippen MR) is 87.5 cm³/mol. The van der Waals surface area contributed by atoms with Gasteiger partial charge in [0.15, 0.2) is 5.82 Å². The molecule has 2 aromatic rings. The molecule has 1 fully saturated rings. The van der Waals surface area contributed by atoms with E-state index >= 15 is 0 Å². The Morgan fingerprint density at radius 3 is 2.64 bits per heavy atom. The molecule has 118 valence electrons. The monoisotopic (exact) mass is 299 g/mol. The van der Waals surface area contributed by atoms with Gasteiger partial charge < -0.3 is 9.88 Å². The standard InChI is InChI=1S/C17H25N5/c1-12(2)22-6-4-14(5-7-22)8-15-9-16(20-11-19-15)17-18-10-13(3)21-17/h9-12,14H,4-8H2,1-3H3,(H,18,21). The van der Waals surface area contributed by atoms with Crippen LogP contribution in [0.5, 0.6) is 0 Å². The first-order valence-electron chi connectivity index (χ1n) is 8.19. The van der Waals surface area contributed by atoms with Gasteiger partial charge in [-0.2, -0.15) is 0 Å². The van der Waals surface area contributed by atoms with Crippen molar-refractivity contribution in [1.29, 1.82) is 0 Å². The molecule has 0 spiro atoms. The lowest BCUT2D eigenvalue weighted by Crippen LogP contribution is -2.38. The van der Waals surface area contributed by atoms with Gasteiger partial charge in [0.1, 0.15) is 12.0 Å². The Morgan fingerprint density at radius 1 is 1.23 bits per heavy atom. The Balaban J connectivity index is 1.64. The second kappa shape index (κ2) is 6.57. The van der Waals surface area contributed by atoms with Crippen LogP contribution in [-0.2, 0) is 6.42 Å². The Morgan fingerprint density at radius 2 is 2.00 bits per heavy atom. The third-order valence-electron chi connectivity index (χ3n) is 4.55. The van der Waals surface area contributed by atoms with Gasteiger partial charge in [-0.05, 0) is 65.1 Å². The van der Waals surface area contributed by atoms with Gasteiger partial charge in [0, 0.05) is 23.6 Å². The summed E-state index contributed by atoms with van der Waals surface area (Å²) in [5.41, 5.74) is 3.07. The first-order chi connectivity index (χ1) is 10.6. The van der Waals surface area contributed by atoms with Gasteiger partial charge in [-0.15, -0.1) is 0 Å². The Kier molecular flexibility index (Phi) is 4.52. The number of imidazole rings is 1. The normalized spacial score (nSPS) is 17.3. The van der Waals surface area contributed by atoms with E-state index in [1.54, 1.807) is 6.33 Å². The number of hydrogen-bond acceptors (Lipinski definition) is 4. The highest BCUT2D eigenvalue weighted by atomic mass is 15.1. The minimum Gasteiger partial charge on any atom is -0.341 e. The third kappa shape index (κ3) is 3.53. The minimum atomic E-state index is 0.661. The molecule has 3 heterocycles. The Bertz CT molecular complexity index is 611. The Hall–Kier alpha value is -1.75. The van der Waals surface area contributed by atoms with Crippen LogP contribution in [0.3, 0.4) is 0 Å². The zero-order chi connectivity index (χ0) is 15.5. The van der Waals surface area contributed by atoms with E-state index < -0.39 is 0 Å². The number of likely N-dealkylation sites (tertiary alicyclic amines) is 1. The van der Waals surface area contributed by atoms with Crippen LogP contribution in [0, 0.1) is 12.8 Å². The van der Waals surface area contributed by atoms with Gasteiger partial charge in [-0.3, -0.25) is 0 Å². The number of piperidine rings is 1. The molecule has 0 amide bonds. The van der Waals surface area contributed by atoms with Gasteiger partial charge in [0.05, 0.1) is 0 Å². The van der Waals surface area contributed by atoms with Crippen molar-refractivity contribution in [3.05, 3.63) is 30.0 Å². The van der Waals surface area contributed by atoms with Crippen LogP contribution in [0.2, 0.25) is 0 Å². The van der Waals surface area contributed by atoms with Gasteiger partial charge in [0.25, 0.3) is 0 Å².